The highest BCUT2D eigenvalue weighted by atomic mass is 16.3. The quantitative estimate of drug-likeness (QED) is 0.790. The Morgan fingerprint density at radius 2 is 1.61 bits per heavy atom. The number of benzene rings is 2. The second-order valence-electron chi connectivity index (χ2n) is 5.24. The third-order valence-electron chi connectivity index (χ3n) is 3.82. The summed E-state index contributed by atoms with van der Waals surface area (Å²) >= 11 is 0. The molecule has 1 N–H and O–H groups in total. The molecular weight excluding hydrogens is 290 g/mol. The SMILES string of the molecule is Cn1c(-c2ccccc2)cc(=NC(=O)c2ccccc2O)n1C. The summed E-state index contributed by atoms with van der Waals surface area (Å²) in [6.45, 7) is 0. The van der Waals surface area contributed by atoms with E-state index in [1.165, 1.54) is 6.07 Å². The smallest absolute Gasteiger partial charge is 0.282 e. The van der Waals surface area contributed by atoms with Gasteiger partial charge < -0.3 is 5.11 Å². The van der Waals surface area contributed by atoms with Crippen LogP contribution in [-0.2, 0) is 14.1 Å². The topological polar surface area (TPSA) is 59.5 Å². The number of para-hydroxylation sites is 1. The predicted molar refractivity (Wildman–Crippen MR) is 87.8 cm³/mol. The summed E-state index contributed by atoms with van der Waals surface area (Å²) in [6.07, 6.45) is 0. The van der Waals surface area contributed by atoms with Crippen molar-refractivity contribution in [3.63, 3.8) is 0 Å². The molecule has 1 heterocycles. The normalized spacial score (nSPS) is 11.7. The van der Waals surface area contributed by atoms with Crippen LogP contribution in [0.3, 0.4) is 0 Å². The highest BCUT2D eigenvalue weighted by Gasteiger charge is 2.11. The van der Waals surface area contributed by atoms with Crippen LogP contribution in [0.1, 0.15) is 10.4 Å². The van der Waals surface area contributed by atoms with Crippen LogP contribution < -0.4 is 5.49 Å². The Labute approximate surface area is 133 Å². The van der Waals surface area contributed by atoms with Gasteiger partial charge in [-0.2, -0.15) is 4.99 Å². The van der Waals surface area contributed by atoms with Gasteiger partial charge in [-0.1, -0.05) is 42.5 Å². The second kappa shape index (κ2) is 5.96. The molecule has 5 nitrogen and oxygen atoms in total. The number of aromatic hydroxyl groups is 1. The number of carbonyl (C=O) groups is 1. The zero-order chi connectivity index (χ0) is 16.4. The van der Waals surface area contributed by atoms with Crippen LogP contribution in [0.25, 0.3) is 11.3 Å². The first kappa shape index (κ1) is 14.8. The van der Waals surface area contributed by atoms with E-state index in [0.29, 0.717) is 5.49 Å². The number of aromatic nitrogens is 2. The molecule has 3 rings (SSSR count). The molecule has 116 valence electrons. The van der Waals surface area contributed by atoms with Gasteiger partial charge in [0.2, 0.25) is 0 Å². The molecule has 0 saturated carbocycles. The Bertz CT molecular complexity index is 921. The lowest BCUT2D eigenvalue weighted by atomic mass is 10.1. The molecule has 0 fully saturated rings. The molecule has 1 aromatic heterocycles. The van der Waals surface area contributed by atoms with Crippen LogP contribution in [0.15, 0.2) is 65.7 Å². The molecule has 23 heavy (non-hydrogen) atoms. The van der Waals surface area contributed by atoms with Crippen LogP contribution in [0, 0.1) is 0 Å². The van der Waals surface area contributed by atoms with E-state index >= 15 is 0 Å². The number of phenols is 1. The van der Waals surface area contributed by atoms with Gasteiger partial charge in [0.1, 0.15) is 5.75 Å². The molecule has 0 aliphatic heterocycles. The van der Waals surface area contributed by atoms with Gasteiger partial charge in [-0.3, -0.25) is 14.2 Å². The molecule has 0 spiro atoms. The molecule has 0 aliphatic rings. The fourth-order valence-corrected chi connectivity index (χ4v) is 2.43. The van der Waals surface area contributed by atoms with E-state index in [1.54, 1.807) is 22.9 Å². The van der Waals surface area contributed by atoms with Gasteiger partial charge in [-0.25, -0.2) is 0 Å². The Morgan fingerprint density at radius 3 is 2.30 bits per heavy atom. The van der Waals surface area contributed by atoms with Crippen molar-refractivity contribution in [2.75, 3.05) is 0 Å². The molecule has 0 aliphatic carbocycles. The zero-order valence-corrected chi connectivity index (χ0v) is 13.0. The first-order valence-corrected chi connectivity index (χ1v) is 7.23. The highest BCUT2D eigenvalue weighted by molar-refractivity contribution is 5.97. The van der Waals surface area contributed by atoms with Gasteiger partial charge >= 0.3 is 0 Å². The minimum Gasteiger partial charge on any atom is -0.507 e. The molecule has 0 atom stereocenters. The van der Waals surface area contributed by atoms with Gasteiger partial charge in [-0.05, 0) is 17.7 Å². The minimum atomic E-state index is -0.469. The second-order valence-corrected chi connectivity index (χ2v) is 5.24. The molecule has 1 amide bonds. The summed E-state index contributed by atoms with van der Waals surface area (Å²) in [5.41, 5.74) is 2.72. The van der Waals surface area contributed by atoms with Gasteiger partial charge in [0.05, 0.1) is 11.3 Å². The van der Waals surface area contributed by atoms with E-state index in [-0.39, 0.29) is 11.3 Å². The molecule has 0 bridgehead atoms. The van der Waals surface area contributed by atoms with Crippen molar-refractivity contribution < 1.29 is 9.90 Å². The Hall–Kier alpha value is -3.08. The van der Waals surface area contributed by atoms with E-state index < -0.39 is 5.91 Å². The number of phenolic OH excluding ortho intramolecular Hbond substituents is 1. The average Bonchev–Trinajstić information content (AvgIpc) is 2.84. The first-order valence-electron chi connectivity index (χ1n) is 7.23. The highest BCUT2D eigenvalue weighted by Crippen LogP contribution is 2.18. The van der Waals surface area contributed by atoms with E-state index in [1.807, 2.05) is 55.2 Å². The fourth-order valence-electron chi connectivity index (χ4n) is 2.43. The van der Waals surface area contributed by atoms with Crippen LogP contribution >= 0.6 is 0 Å². The van der Waals surface area contributed by atoms with Gasteiger partial charge in [0, 0.05) is 20.2 Å². The monoisotopic (exact) mass is 307 g/mol. The number of carbonyl (C=O) groups excluding carboxylic acids is 1. The van der Waals surface area contributed by atoms with Gasteiger partial charge in [0.15, 0.2) is 5.49 Å². The van der Waals surface area contributed by atoms with Crippen molar-refractivity contribution in [1.29, 1.82) is 0 Å². The van der Waals surface area contributed by atoms with Crippen molar-refractivity contribution in [2.45, 2.75) is 0 Å². The van der Waals surface area contributed by atoms with Crippen molar-refractivity contribution >= 4 is 5.91 Å². The van der Waals surface area contributed by atoms with Crippen molar-refractivity contribution in [3.8, 4) is 17.0 Å². The van der Waals surface area contributed by atoms with E-state index in [9.17, 15) is 9.90 Å². The zero-order valence-electron chi connectivity index (χ0n) is 13.0. The van der Waals surface area contributed by atoms with Crippen LogP contribution in [0.2, 0.25) is 0 Å². The number of hydrogen-bond acceptors (Lipinski definition) is 2. The summed E-state index contributed by atoms with van der Waals surface area (Å²) in [7, 11) is 3.75. The Kier molecular flexibility index (Phi) is 3.85. The van der Waals surface area contributed by atoms with Gasteiger partial charge in [-0.15, -0.1) is 0 Å². The Morgan fingerprint density at radius 1 is 0.957 bits per heavy atom. The van der Waals surface area contributed by atoms with Gasteiger partial charge in [0.25, 0.3) is 5.91 Å². The lowest BCUT2D eigenvalue weighted by Gasteiger charge is -2.05. The third-order valence-corrected chi connectivity index (χ3v) is 3.82. The first-order chi connectivity index (χ1) is 11.1. The number of rotatable bonds is 2. The van der Waals surface area contributed by atoms with Crippen LogP contribution in [-0.4, -0.2) is 20.4 Å². The van der Waals surface area contributed by atoms with E-state index in [2.05, 4.69) is 4.99 Å². The van der Waals surface area contributed by atoms with Crippen molar-refractivity contribution in [2.24, 2.45) is 19.1 Å². The van der Waals surface area contributed by atoms with Crippen LogP contribution in [0.4, 0.5) is 0 Å². The third kappa shape index (κ3) is 2.81. The van der Waals surface area contributed by atoms with E-state index in [4.69, 9.17) is 0 Å². The van der Waals surface area contributed by atoms with Crippen molar-refractivity contribution in [1.82, 2.24) is 9.36 Å². The molecule has 0 saturated heterocycles. The van der Waals surface area contributed by atoms with E-state index in [0.717, 1.165) is 11.3 Å². The molecule has 2 aromatic carbocycles. The molecule has 0 unspecified atom stereocenters. The Balaban J connectivity index is 2.08. The molecule has 3 aromatic rings. The number of amides is 1. The average molecular weight is 307 g/mol. The summed E-state index contributed by atoms with van der Waals surface area (Å²) in [5.74, 6) is -0.535. The maximum absolute atomic E-state index is 12.3. The van der Waals surface area contributed by atoms with Crippen LogP contribution in [0.5, 0.6) is 5.75 Å². The molecule has 5 heteroatoms. The fraction of sp³-hybridized carbons (Fsp3) is 0.111. The predicted octanol–water partition coefficient (Wildman–Crippen LogP) is 2.48. The van der Waals surface area contributed by atoms with Crippen molar-refractivity contribution in [3.05, 3.63) is 71.7 Å². The standard InChI is InChI=1S/C18H17N3O2/c1-20-15(13-8-4-3-5-9-13)12-17(21(20)2)19-18(23)14-10-6-7-11-16(14)22/h3-12,22H,1-2H3. The maximum Gasteiger partial charge on any atom is 0.282 e. The number of nitrogens with zero attached hydrogens (tertiary/aromatic N) is 3. The maximum atomic E-state index is 12.3. The largest absolute Gasteiger partial charge is 0.507 e. The summed E-state index contributed by atoms with van der Waals surface area (Å²) in [4.78, 5) is 16.4. The number of hydrogen-bond donors (Lipinski definition) is 1. The molecule has 0 radical (unpaired) electrons. The minimum absolute atomic E-state index is 0.0666. The lowest BCUT2D eigenvalue weighted by Crippen LogP contribution is -2.20. The molecular formula is C18H17N3O2. The lowest BCUT2D eigenvalue weighted by molar-refractivity contribution is 0.0994. The summed E-state index contributed by atoms with van der Waals surface area (Å²) < 4.78 is 3.71. The summed E-state index contributed by atoms with van der Waals surface area (Å²) in [6, 6.07) is 18.1. The summed E-state index contributed by atoms with van der Waals surface area (Å²) in [5, 5.41) is 9.77.